The highest BCUT2D eigenvalue weighted by molar-refractivity contribution is 5.77. The van der Waals surface area contributed by atoms with Crippen molar-refractivity contribution < 1.29 is 4.79 Å². The Labute approximate surface area is 128 Å². The Balaban J connectivity index is 1.34. The van der Waals surface area contributed by atoms with Gasteiger partial charge < -0.3 is 11.1 Å². The first-order valence-electron chi connectivity index (χ1n) is 9.17. The molecular formula is C18H30N2O. The van der Waals surface area contributed by atoms with E-state index < -0.39 is 0 Å². The Kier molecular flexibility index (Phi) is 3.52. The van der Waals surface area contributed by atoms with Crippen molar-refractivity contribution in [2.75, 3.05) is 0 Å². The summed E-state index contributed by atoms with van der Waals surface area (Å²) in [6, 6.07) is 0.382. The van der Waals surface area contributed by atoms with Crippen LogP contribution in [0.4, 0.5) is 0 Å². The van der Waals surface area contributed by atoms with Crippen LogP contribution in [0.5, 0.6) is 0 Å². The van der Waals surface area contributed by atoms with E-state index in [2.05, 4.69) is 5.32 Å². The molecule has 0 radical (unpaired) electrons. The minimum Gasteiger partial charge on any atom is -0.351 e. The molecule has 0 heterocycles. The predicted octanol–water partition coefficient (Wildman–Crippen LogP) is 2.98. The van der Waals surface area contributed by atoms with Crippen molar-refractivity contribution in [2.45, 2.75) is 82.2 Å². The Morgan fingerprint density at radius 3 is 2.00 bits per heavy atom. The third kappa shape index (κ3) is 2.86. The largest absolute Gasteiger partial charge is 0.351 e. The molecule has 5 fully saturated rings. The van der Waals surface area contributed by atoms with Crippen LogP contribution in [0.25, 0.3) is 0 Å². The summed E-state index contributed by atoms with van der Waals surface area (Å²) < 4.78 is 0. The van der Waals surface area contributed by atoms with Gasteiger partial charge in [-0.1, -0.05) is 0 Å². The molecule has 0 aromatic heterocycles. The van der Waals surface area contributed by atoms with E-state index in [-0.39, 0.29) is 5.54 Å². The molecule has 5 aliphatic rings. The van der Waals surface area contributed by atoms with Crippen LogP contribution in [0.3, 0.4) is 0 Å². The minimum atomic E-state index is 0.191. The van der Waals surface area contributed by atoms with Crippen LogP contribution in [0.2, 0.25) is 0 Å². The quantitative estimate of drug-likeness (QED) is 0.839. The van der Waals surface area contributed by atoms with Crippen molar-refractivity contribution in [3.8, 4) is 0 Å². The Morgan fingerprint density at radius 2 is 1.48 bits per heavy atom. The lowest BCUT2D eigenvalue weighted by atomic mass is 9.53. The summed E-state index contributed by atoms with van der Waals surface area (Å²) in [7, 11) is 0. The fourth-order valence-corrected chi connectivity index (χ4v) is 6.27. The molecule has 0 unspecified atom stereocenters. The van der Waals surface area contributed by atoms with Gasteiger partial charge in [-0.2, -0.15) is 0 Å². The fourth-order valence-electron chi connectivity index (χ4n) is 6.27. The summed E-state index contributed by atoms with van der Waals surface area (Å²) in [6.45, 7) is 0. The van der Waals surface area contributed by atoms with E-state index in [9.17, 15) is 4.79 Å². The van der Waals surface area contributed by atoms with Crippen molar-refractivity contribution in [3.63, 3.8) is 0 Å². The van der Waals surface area contributed by atoms with Gasteiger partial charge in [-0.3, -0.25) is 4.79 Å². The van der Waals surface area contributed by atoms with Crippen LogP contribution in [0.15, 0.2) is 0 Å². The van der Waals surface area contributed by atoms with Gasteiger partial charge in [-0.05, 0) is 87.9 Å². The topological polar surface area (TPSA) is 55.1 Å². The fraction of sp³-hybridized carbons (Fsp3) is 0.944. The molecule has 3 nitrogen and oxygen atoms in total. The first-order valence-corrected chi connectivity index (χ1v) is 9.17. The molecular weight excluding hydrogens is 260 g/mol. The van der Waals surface area contributed by atoms with Crippen molar-refractivity contribution >= 4 is 5.91 Å². The highest BCUT2D eigenvalue weighted by Gasteiger charge is 2.51. The van der Waals surface area contributed by atoms with Crippen LogP contribution >= 0.6 is 0 Å². The zero-order chi connectivity index (χ0) is 14.4. The van der Waals surface area contributed by atoms with E-state index in [1.54, 1.807) is 0 Å². The molecule has 0 atom stereocenters. The Hall–Kier alpha value is -0.570. The van der Waals surface area contributed by atoms with Crippen molar-refractivity contribution in [1.82, 2.24) is 5.32 Å². The SMILES string of the molecule is NC1CCC(CC(=O)NC23CC4CC(CC(C4)C2)C3)CC1. The summed E-state index contributed by atoms with van der Waals surface area (Å²) in [5.41, 5.74) is 6.15. The maximum absolute atomic E-state index is 12.5. The molecule has 4 bridgehead atoms. The second kappa shape index (κ2) is 5.26. The molecule has 21 heavy (non-hydrogen) atoms. The van der Waals surface area contributed by atoms with Crippen LogP contribution in [0, 0.1) is 23.7 Å². The van der Waals surface area contributed by atoms with Gasteiger partial charge in [-0.25, -0.2) is 0 Å². The van der Waals surface area contributed by atoms with Gasteiger partial charge in [0.2, 0.25) is 5.91 Å². The van der Waals surface area contributed by atoms with Crippen molar-refractivity contribution in [1.29, 1.82) is 0 Å². The highest BCUT2D eigenvalue weighted by Crippen LogP contribution is 2.55. The number of carbonyl (C=O) groups excluding carboxylic acids is 1. The van der Waals surface area contributed by atoms with E-state index in [0.29, 0.717) is 17.9 Å². The first kappa shape index (κ1) is 14.0. The lowest BCUT2D eigenvalue weighted by molar-refractivity contribution is -0.128. The number of rotatable bonds is 3. The van der Waals surface area contributed by atoms with Gasteiger partial charge in [0, 0.05) is 18.0 Å². The van der Waals surface area contributed by atoms with Crippen LogP contribution in [-0.4, -0.2) is 17.5 Å². The number of hydrogen-bond acceptors (Lipinski definition) is 2. The predicted molar refractivity (Wildman–Crippen MR) is 83.6 cm³/mol. The average molecular weight is 290 g/mol. The van der Waals surface area contributed by atoms with Gasteiger partial charge >= 0.3 is 0 Å². The number of hydrogen-bond donors (Lipinski definition) is 2. The summed E-state index contributed by atoms with van der Waals surface area (Å²) in [6.07, 6.45) is 13.4. The van der Waals surface area contributed by atoms with E-state index in [1.165, 1.54) is 38.5 Å². The molecule has 5 saturated carbocycles. The van der Waals surface area contributed by atoms with Crippen LogP contribution < -0.4 is 11.1 Å². The van der Waals surface area contributed by atoms with E-state index in [4.69, 9.17) is 5.73 Å². The Morgan fingerprint density at radius 1 is 0.952 bits per heavy atom. The average Bonchev–Trinajstić information content (AvgIpc) is 2.39. The number of carbonyl (C=O) groups is 1. The van der Waals surface area contributed by atoms with E-state index >= 15 is 0 Å². The number of amides is 1. The summed E-state index contributed by atoms with van der Waals surface area (Å²) in [5, 5.41) is 3.51. The van der Waals surface area contributed by atoms with Crippen molar-refractivity contribution in [2.24, 2.45) is 29.4 Å². The second-order valence-electron chi connectivity index (χ2n) is 8.73. The van der Waals surface area contributed by atoms with E-state index in [1.807, 2.05) is 0 Å². The first-order chi connectivity index (χ1) is 10.1. The lowest BCUT2D eigenvalue weighted by Crippen LogP contribution is -2.60. The zero-order valence-electron chi connectivity index (χ0n) is 13.2. The van der Waals surface area contributed by atoms with Gasteiger partial charge in [-0.15, -0.1) is 0 Å². The van der Waals surface area contributed by atoms with E-state index in [0.717, 1.165) is 49.9 Å². The highest BCUT2D eigenvalue weighted by atomic mass is 16.1. The van der Waals surface area contributed by atoms with Crippen LogP contribution in [0.1, 0.15) is 70.6 Å². The lowest BCUT2D eigenvalue weighted by Gasteiger charge is -2.57. The van der Waals surface area contributed by atoms with Gasteiger partial charge in [0.05, 0.1) is 0 Å². The normalized spacial score (nSPS) is 48.3. The number of nitrogens with one attached hydrogen (secondary N) is 1. The molecule has 5 rings (SSSR count). The molecule has 3 N–H and O–H groups in total. The van der Waals surface area contributed by atoms with Gasteiger partial charge in [0.1, 0.15) is 0 Å². The third-order valence-electron chi connectivity index (χ3n) is 6.81. The molecule has 0 aromatic carbocycles. The molecule has 118 valence electrons. The molecule has 3 heteroatoms. The molecule has 0 saturated heterocycles. The molecule has 0 aliphatic heterocycles. The summed E-state index contributed by atoms with van der Waals surface area (Å²) in [5.74, 6) is 3.63. The Bertz CT molecular complexity index is 376. The number of nitrogens with two attached hydrogens (primary N) is 1. The standard InChI is InChI=1S/C18H30N2O/c19-16-3-1-12(2-4-16)8-17(21)20-18-9-13-5-14(10-18)7-15(6-13)11-18/h12-16H,1-11,19H2,(H,20,21). The van der Waals surface area contributed by atoms with Gasteiger partial charge in [0.25, 0.3) is 0 Å². The molecule has 0 spiro atoms. The maximum atomic E-state index is 12.5. The minimum absolute atomic E-state index is 0.191. The monoisotopic (exact) mass is 290 g/mol. The summed E-state index contributed by atoms with van der Waals surface area (Å²) >= 11 is 0. The summed E-state index contributed by atoms with van der Waals surface area (Å²) in [4.78, 5) is 12.5. The molecule has 5 aliphatic carbocycles. The molecule has 1 amide bonds. The maximum Gasteiger partial charge on any atom is 0.220 e. The molecule has 0 aromatic rings. The smallest absolute Gasteiger partial charge is 0.220 e. The van der Waals surface area contributed by atoms with Gasteiger partial charge in [0.15, 0.2) is 0 Å². The van der Waals surface area contributed by atoms with Crippen LogP contribution in [-0.2, 0) is 4.79 Å². The van der Waals surface area contributed by atoms with Crippen molar-refractivity contribution in [3.05, 3.63) is 0 Å². The second-order valence-corrected chi connectivity index (χ2v) is 8.73. The zero-order valence-corrected chi connectivity index (χ0v) is 13.2. The third-order valence-corrected chi connectivity index (χ3v) is 6.81.